The number of allylic oxidation sites excluding steroid dienone is 5. The molecule has 4 heteroatoms. The Morgan fingerprint density at radius 1 is 0.590 bits per heavy atom. The predicted molar refractivity (Wildman–Crippen MR) is 169 cm³/mol. The average molecular weight is 546 g/mol. The SMILES string of the molecule is CC(C)[C@H]1COC(=C2C(P(c3ccccc3)c3ccccc3)=CC=C2P(c2ccccc2)c2ccccc2)N1. The van der Waals surface area contributed by atoms with Crippen LogP contribution in [0.15, 0.2) is 156 Å². The van der Waals surface area contributed by atoms with Gasteiger partial charge in [-0.3, -0.25) is 0 Å². The highest BCUT2D eigenvalue weighted by Gasteiger charge is 2.36. The van der Waals surface area contributed by atoms with Crippen molar-refractivity contribution in [2.45, 2.75) is 19.9 Å². The summed E-state index contributed by atoms with van der Waals surface area (Å²) >= 11 is 0. The van der Waals surface area contributed by atoms with Crippen LogP contribution in [0.1, 0.15) is 13.8 Å². The lowest BCUT2D eigenvalue weighted by Gasteiger charge is -2.27. The highest BCUT2D eigenvalue weighted by Crippen LogP contribution is 2.59. The van der Waals surface area contributed by atoms with Gasteiger partial charge in [0.1, 0.15) is 6.61 Å². The minimum atomic E-state index is -0.785. The van der Waals surface area contributed by atoms with E-state index in [2.05, 4.69) is 153 Å². The molecule has 0 saturated carbocycles. The molecule has 0 aromatic heterocycles. The molecule has 0 amide bonds. The monoisotopic (exact) mass is 545 g/mol. The number of hydrogen-bond acceptors (Lipinski definition) is 2. The average Bonchev–Trinajstić information content (AvgIpc) is 3.64. The summed E-state index contributed by atoms with van der Waals surface area (Å²) in [4.78, 5) is 0. The molecule has 1 aliphatic carbocycles. The van der Waals surface area contributed by atoms with E-state index in [1.807, 2.05) is 0 Å². The lowest BCUT2D eigenvalue weighted by molar-refractivity contribution is 0.242. The van der Waals surface area contributed by atoms with Gasteiger partial charge >= 0.3 is 0 Å². The zero-order chi connectivity index (χ0) is 26.6. The van der Waals surface area contributed by atoms with E-state index < -0.39 is 15.8 Å². The Hall–Kier alpha value is -3.44. The Labute approximate surface area is 234 Å². The zero-order valence-corrected chi connectivity index (χ0v) is 24.2. The Bertz CT molecular complexity index is 1320. The van der Waals surface area contributed by atoms with Gasteiger partial charge < -0.3 is 10.1 Å². The quantitative estimate of drug-likeness (QED) is 0.256. The third-order valence-corrected chi connectivity index (χ3v) is 12.2. The van der Waals surface area contributed by atoms with Crippen molar-refractivity contribution >= 4 is 37.1 Å². The molecule has 194 valence electrons. The van der Waals surface area contributed by atoms with E-state index in [-0.39, 0.29) is 0 Å². The van der Waals surface area contributed by atoms with Gasteiger partial charge in [-0.2, -0.15) is 0 Å². The van der Waals surface area contributed by atoms with Gasteiger partial charge in [-0.1, -0.05) is 147 Å². The normalized spacial score (nSPS) is 16.9. The molecule has 0 radical (unpaired) electrons. The summed E-state index contributed by atoms with van der Waals surface area (Å²) in [5.41, 5.74) is 1.25. The molecule has 0 bridgehead atoms. The third-order valence-electron chi connectivity index (χ3n) is 7.21. The molecule has 1 aliphatic heterocycles. The molecule has 2 aliphatic rings. The van der Waals surface area contributed by atoms with Gasteiger partial charge in [-0.25, -0.2) is 0 Å². The Morgan fingerprint density at radius 3 is 1.26 bits per heavy atom. The van der Waals surface area contributed by atoms with E-state index in [0.29, 0.717) is 18.6 Å². The summed E-state index contributed by atoms with van der Waals surface area (Å²) in [6, 6.07) is 44.2. The molecule has 1 atom stereocenters. The second-order valence-electron chi connectivity index (χ2n) is 10.1. The first-order valence-corrected chi connectivity index (χ1v) is 16.3. The van der Waals surface area contributed by atoms with Crippen LogP contribution in [0.4, 0.5) is 0 Å². The van der Waals surface area contributed by atoms with Crippen molar-refractivity contribution in [2.24, 2.45) is 5.92 Å². The smallest absolute Gasteiger partial charge is 0.195 e. The number of benzene rings is 4. The van der Waals surface area contributed by atoms with E-state index in [0.717, 1.165) is 5.88 Å². The lowest BCUT2D eigenvalue weighted by Crippen LogP contribution is -2.29. The molecular formula is C35H33NOP2. The first kappa shape index (κ1) is 25.8. The molecule has 4 aromatic carbocycles. The van der Waals surface area contributed by atoms with Crippen LogP contribution in [0.5, 0.6) is 0 Å². The second kappa shape index (κ2) is 11.7. The minimum absolute atomic E-state index is 0.301. The molecule has 39 heavy (non-hydrogen) atoms. The van der Waals surface area contributed by atoms with Crippen molar-refractivity contribution in [3.05, 3.63) is 156 Å². The Kier molecular flexibility index (Phi) is 7.78. The topological polar surface area (TPSA) is 21.3 Å². The van der Waals surface area contributed by atoms with Crippen molar-refractivity contribution in [1.82, 2.24) is 5.32 Å². The van der Waals surface area contributed by atoms with Gasteiger partial charge in [0, 0.05) is 0 Å². The molecule has 6 rings (SSSR count). The van der Waals surface area contributed by atoms with Crippen LogP contribution >= 0.6 is 15.8 Å². The van der Waals surface area contributed by atoms with Crippen LogP contribution in [0.25, 0.3) is 0 Å². The van der Waals surface area contributed by atoms with E-state index in [4.69, 9.17) is 4.74 Å². The maximum Gasteiger partial charge on any atom is 0.195 e. The maximum absolute atomic E-state index is 6.52. The van der Waals surface area contributed by atoms with Gasteiger partial charge in [-0.15, -0.1) is 0 Å². The van der Waals surface area contributed by atoms with Crippen LogP contribution in [-0.2, 0) is 4.74 Å². The summed E-state index contributed by atoms with van der Waals surface area (Å²) in [5.74, 6) is 1.42. The molecule has 1 N–H and O–H groups in total. The van der Waals surface area contributed by atoms with Crippen LogP contribution in [-0.4, -0.2) is 12.6 Å². The molecule has 4 aromatic rings. The van der Waals surface area contributed by atoms with E-state index in [1.165, 1.54) is 37.4 Å². The third kappa shape index (κ3) is 5.38. The van der Waals surface area contributed by atoms with Crippen LogP contribution in [0.2, 0.25) is 0 Å². The van der Waals surface area contributed by atoms with Gasteiger partial charge in [-0.05, 0) is 53.6 Å². The van der Waals surface area contributed by atoms with Gasteiger partial charge in [0.2, 0.25) is 0 Å². The standard InChI is InChI=1S/C35H33NOP2/c1-26(2)31-25-37-35(36-31)34-32(38(27-15-7-3-8-16-27)28-17-9-4-10-18-28)23-24-33(34)39(29-19-11-5-12-20-29)30-21-13-6-14-22-30/h3-24,26,31,36H,25H2,1-2H3/t31-/m1/s1. The van der Waals surface area contributed by atoms with Crippen LogP contribution in [0.3, 0.4) is 0 Å². The summed E-state index contributed by atoms with van der Waals surface area (Å²) in [6.45, 7) is 5.22. The largest absolute Gasteiger partial charge is 0.477 e. The lowest BCUT2D eigenvalue weighted by atomic mass is 10.1. The number of nitrogens with one attached hydrogen (secondary N) is 1. The van der Waals surface area contributed by atoms with Crippen molar-refractivity contribution in [3.63, 3.8) is 0 Å². The number of rotatable bonds is 7. The summed E-state index contributed by atoms with van der Waals surface area (Å²) in [7, 11) is -1.57. The predicted octanol–water partition coefficient (Wildman–Crippen LogP) is 6.89. The fourth-order valence-corrected chi connectivity index (χ4v) is 10.2. The Morgan fingerprint density at radius 2 is 0.949 bits per heavy atom. The van der Waals surface area contributed by atoms with E-state index in [1.54, 1.807) is 0 Å². The molecule has 1 saturated heterocycles. The number of ether oxygens (including phenoxy) is 1. The second-order valence-corrected chi connectivity index (χ2v) is 14.5. The first-order valence-electron chi connectivity index (χ1n) is 13.6. The Balaban J connectivity index is 1.53. The van der Waals surface area contributed by atoms with Gasteiger partial charge in [0.05, 0.1) is 11.6 Å². The highest BCUT2D eigenvalue weighted by atomic mass is 31.1. The highest BCUT2D eigenvalue weighted by molar-refractivity contribution is 7.78. The first-order chi connectivity index (χ1) is 19.2. The zero-order valence-electron chi connectivity index (χ0n) is 22.4. The van der Waals surface area contributed by atoms with Gasteiger partial charge in [0.25, 0.3) is 0 Å². The van der Waals surface area contributed by atoms with E-state index >= 15 is 0 Å². The van der Waals surface area contributed by atoms with Crippen LogP contribution in [0, 0.1) is 5.92 Å². The molecule has 2 nitrogen and oxygen atoms in total. The van der Waals surface area contributed by atoms with Crippen molar-refractivity contribution < 1.29 is 4.74 Å². The molecule has 0 unspecified atom stereocenters. The minimum Gasteiger partial charge on any atom is -0.477 e. The summed E-state index contributed by atoms with van der Waals surface area (Å²) in [6.07, 6.45) is 4.75. The fourth-order valence-electron chi connectivity index (χ4n) is 5.15. The molecule has 1 heterocycles. The molecular weight excluding hydrogens is 512 g/mol. The van der Waals surface area contributed by atoms with Gasteiger partial charge in [0.15, 0.2) is 5.88 Å². The van der Waals surface area contributed by atoms with Crippen molar-refractivity contribution in [3.8, 4) is 0 Å². The van der Waals surface area contributed by atoms with Crippen molar-refractivity contribution in [2.75, 3.05) is 6.61 Å². The maximum atomic E-state index is 6.52. The molecule has 0 spiro atoms. The fraction of sp³-hybridized carbons (Fsp3) is 0.143. The van der Waals surface area contributed by atoms with E-state index in [9.17, 15) is 0 Å². The summed E-state index contributed by atoms with van der Waals surface area (Å²) in [5, 5.41) is 11.9. The number of hydrogen-bond donors (Lipinski definition) is 1. The molecule has 1 fully saturated rings. The van der Waals surface area contributed by atoms with Crippen LogP contribution < -0.4 is 26.5 Å². The van der Waals surface area contributed by atoms with Crippen molar-refractivity contribution in [1.29, 1.82) is 0 Å². The summed E-state index contributed by atoms with van der Waals surface area (Å²) < 4.78 is 6.52.